The van der Waals surface area contributed by atoms with Gasteiger partial charge in [-0.25, -0.2) is 9.37 Å². The smallest absolute Gasteiger partial charge is 0.231 e. The van der Waals surface area contributed by atoms with E-state index in [-0.39, 0.29) is 22.4 Å². The van der Waals surface area contributed by atoms with Crippen LogP contribution in [0.5, 0.6) is 0 Å². The Labute approximate surface area is 232 Å². The Bertz CT molecular complexity index is 1650. The zero-order chi connectivity index (χ0) is 27.1. The first-order valence-corrected chi connectivity index (χ1v) is 12.8. The lowest BCUT2D eigenvalue weighted by atomic mass is 10.0. The summed E-state index contributed by atoms with van der Waals surface area (Å²) in [6, 6.07) is 13.3. The highest BCUT2D eigenvalue weighted by atomic mass is 35.5. The van der Waals surface area contributed by atoms with Gasteiger partial charge in [0.05, 0.1) is 50.4 Å². The summed E-state index contributed by atoms with van der Waals surface area (Å²) in [6.07, 6.45) is 6.89. The van der Waals surface area contributed by atoms with Crippen LogP contribution in [0.1, 0.15) is 30.0 Å². The summed E-state index contributed by atoms with van der Waals surface area (Å²) in [7, 11) is 0. The van der Waals surface area contributed by atoms with Gasteiger partial charge in [-0.3, -0.25) is 9.99 Å². The zero-order valence-electron chi connectivity index (χ0n) is 20.1. The van der Waals surface area contributed by atoms with Crippen molar-refractivity contribution in [2.75, 3.05) is 10.6 Å². The fourth-order valence-corrected chi connectivity index (χ4v) is 4.83. The molecule has 0 saturated heterocycles. The number of anilines is 3. The van der Waals surface area contributed by atoms with Crippen LogP contribution in [0.4, 0.5) is 25.8 Å². The van der Waals surface area contributed by atoms with Gasteiger partial charge in [-0.15, -0.1) is 5.53 Å². The highest BCUT2D eigenvalue weighted by Crippen LogP contribution is 2.37. The highest BCUT2D eigenvalue weighted by molar-refractivity contribution is 6.36. The van der Waals surface area contributed by atoms with Gasteiger partial charge in [0.1, 0.15) is 11.9 Å². The second kappa shape index (κ2) is 10.2. The summed E-state index contributed by atoms with van der Waals surface area (Å²) in [6.45, 7) is 0. The molecule has 1 saturated carbocycles. The number of nitrogens with one attached hydrogen (secondary N) is 4. The van der Waals surface area contributed by atoms with Crippen molar-refractivity contribution in [1.29, 1.82) is 5.26 Å². The van der Waals surface area contributed by atoms with Crippen molar-refractivity contribution in [1.82, 2.24) is 25.9 Å². The molecule has 6 rings (SSSR count). The van der Waals surface area contributed by atoms with E-state index >= 15 is 0 Å². The molecule has 4 N–H and O–H groups in total. The van der Waals surface area contributed by atoms with Crippen LogP contribution in [0.2, 0.25) is 10.0 Å². The van der Waals surface area contributed by atoms with Crippen LogP contribution in [-0.4, -0.2) is 21.0 Å². The summed E-state index contributed by atoms with van der Waals surface area (Å²) >= 11 is 12.6. The molecule has 2 aliphatic rings. The van der Waals surface area contributed by atoms with Crippen LogP contribution >= 0.6 is 23.2 Å². The highest BCUT2D eigenvalue weighted by Gasteiger charge is 2.32. The zero-order valence-corrected chi connectivity index (χ0v) is 21.7. The molecule has 12 heteroatoms. The molecule has 8 nitrogen and oxygen atoms in total. The molecular formula is C27H20Cl2F2N8. The summed E-state index contributed by atoms with van der Waals surface area (Å²) in [4.78, 5) is 8.03. The summed E-state index contributed by atoms with van der Waals surface area (Å²) < 4.78 is 27.4. The lowest BCUT2D eigenvalue weighted by molar-refractivity contribution is 0.260. The SMILES string of the molecule is N#Cc1cnc2c(Cl)cc(N[C@H](C3=CN(C4CC4)NN3)c3ccc(F)cc3)cc2c1Nc1cnc(F)c(Cl)c1. The molecule has 1 aliphatic carbocycles. The van der Waals surface area contributed by atoms with Gasteiger partial charge in [0.15, 0.2) is 0 Å². The lowest BCUT2D eigenvalue weighted by Gasteiger charge is -2.22. The largest absolute Gasteiger partial charge is 0.373 e. The molecular weight excluding hydrogens is 545 g/mol. The minimum absolute atomic E-state index is 0.161. The summed E-state index contributed by atoms with van der Waals surface area (Å²) in [5, 5.41) is 19.2. The van der Waals surface area contributed by atoms with E-state index in [1.807, 2.05) is 17.3 Å². The van der Waals surface area contributed by atoms with Crippen molar-refractivity contribution < 1.29 is 8.78 Å². The molecule has 0 bridgehead atoms. The Morgan fingerprint density at radius 1 is 1.03 bits per heavy atom. The van der Waals surface area contributed by atoms with E-state index in [1.54, 1.807) is 18.2 Å². The van der Waals surface area contributed by atoms with Gasteiger partial charge < -0.3 is 16.1 Å². The first-order chi connectivity index (χ1) is 18.9. The van der Waals surface area contributed by atoms with Crippen LogP contribution < -0.4 is 21.6 Å². The minimum atomic E-state index is -0.798. The van der Waals surface area contributed by atoms with E-state index in [9.17, 15) is 14.0 Å². The molecule has 0 spiro atoms. The number of aromatic nitrogens is 2. The average molecular weight is 565 g/mol. The van der Waals surface area contributed by atoms with Crippen LogP contribution in [-0.2, 0) is 0 Å². The molecule has 1 aliphatic heterocycles. The molecule has 4 aromatic rings. The second-order valence-electron chi connectivity index (χ2n) is 9.22. The van der Waals surface area contributed by atoms with E-state index in [2.05, 4.69) is 37.6 Å². The Kier molecular flexibility index (Phi) is 6.56. The van der Waals surface area contributed by atoms with Gasteiger partial charge in [0.2, 0.25) is 5.95 Å². The number of nitrogens with zero attached hydrogens (tertiary/aromatic N) is 4. The van der Waals surface area contributed by atoms with Gasteiger partial charge in [0, 0.05) is 29.5 Å². The second-order valence-corrected chi connectivity index (χ2v) is 10.0. The van der Waals surface area contributed by atoms with Crippen molar-refractivity contribution in [3.63, 3.8) is 0 Å². The predicted octanol–water partition coefficient (Wildman–Crippen LogP) is 6.31. The van der Waals surface area contributed by atoms with Crippen LogP contribution in [0, 0.1) is 23.1 Å². The fourth-order valence-electron chi connectivity index (χ4n) is 4.40. The van der Waals surface area contributed by atoms with E-state index in [1.165, 1.54) is 30.6 Å². The molecule has 0 amide bonds. The summed E-state index contributed by atoms with van der Waals surface area (Å²) in [5.41, 5.74) is 10.2. The van der Waals surface area contributed by atoms with Crippen LogP contribution in [0.15, 0.2) is 66.8 Å². The maximum absolute atomic E-state index is 13.7. The third-order valence-electron chi connectivity index (χ3n) is 6.48. The van der Waals surface area contributed by atoms with Crippen molar-refractivity contribution in [2.45, 2.75) is 24.9 Å². The van der Waals surface area contributed by atoms with Crippen molar-refractivity contribution in [3.8, 4) is 6.07 Å². The van der Waals surface area contributed by atoms with E-state index < -0.39 is 5.95 Å². The number of fused-ring (bicyclic) bond motifs is 1. The quantitative estimate of drug-likeness (QED) is 0.194. The summed E-state index contributed by atoms with van der Waals surface area (Å²) in [5.74, 6) is -1.13. The third-order valence-corrected chi connectivity index (χ3v) is 7.04. The van der Waals surface area contributed by atoms with E-state index in [0.29, 0.717) is 39.0 Å². The van der Waals surface area contributed by atoms with Crippen molar-refractivity contribution >= 4 is 51.2 Å². The number of rotatable bonds is 7. The number of pyridine rings is 2. The van der Waals surface area contributed by atoms with Crippen LogP contribution in [0.25, 0.3) is 10.9 Å². The molecule has 39 heavy (non-hydrogen) atoms. The van der Waals surface area contributed by atoms with Gasteiger partial charge >= 0.3 is 0 Å². The van der Waals surface area contributed by atoms with Crippen molar-refractivity contribution in [2.24, 2.45) is 0 Å². The lowest BCUT2D eigenvalue weighted by Crippen LogP contribution is -2.38. The van der Waals surface area contributed by atoms with E-state index in [4.69, 9.17) is 23.2 Å². The topological polar surface area (TPSA) is 101 Å². The first kappa shape index (κ1) is 25.1. The molecule has 0 unspecified atom stereocenters. The Morgan fingerprint density at radius 2 is 1.79 bits per heavy atom. The van der Waals surface area contributed by atoms with Gasteiger partial charge in [-0.1, -0.05) is 35.3 Å². The Balaban J connectivity index is 1.42. The molecule has 2 aromatic carbocycles. The maximum Gasteiger partial charge on any atom is 0.231 e. The number of hydrazine groups is 2. The number of halogens is 4. The average Bonchev–Trinajstić information content (AvgIpc) is 3.67. The number of hydrogen-bond donors (Lipinski definition) is 4. The number of benzene rings is 2. The third kappa shape index (κ3) is 5.12. The van der Waals surface area contributed by atoms with Crippen molar-refractivity contribution in [3.05, 3.63) is 99.7 Å². The normalized spacial score (nSPS) is 15.5. The molecule has 196 valence electrons. The molecule has 0 radical (unpaired) electrons. The number of nitriles is 1. The van der Waals surface area contributed by atoms with Crippen LogP contribution in [0.3, 0.4) is 0 Å². The maximum atomic E-state index is 13.7. The first-order valence-electron chi connectivity index (χ1n) is 12.0. The molecule has 2 aromatic heterocycles. The van der Waals surface area contributed by atoms with Gasteiger partial charge in [-0.2, -0.15) is 9.65 Å². The minimum Gasteiger partial charge on any atom is -0.373 e. The number of hydrogen-bond acceptors (Lipinski definition) is 8. The van der Waals surface area contributed by atoms with Gasteiger partial charge in [-0.05, 0) is 48.7 Å². The Morgan fingerprint density at radius 3 is 2.51 bits per heavy atom. The Hall–Kier alpha value is -4.17. The monoisotopic (exact) mass is 564 g/mol. The fraction of sp³-hybridized carbons (Fsp3) is 0.148. The molecule has 1 fully saturated rings. The molecule has 1 atom stereocenters. The van der Waals surface area contributed by atoms with E-state index in [0.717, 1.165) is 24.1 Å². The predicted molar refractivity (Wildman–Crippen MR) is 146 cm³/mol. The standard InChI is InChI=1S/C27H20Cl2F2N8/c28-21-8-17(35-25(14-1-3-16(30)4-2-14)23-13-39(38-37-23)19-5-6-19)7-20-24(15(10-32)11-33-26(20)21)36-18-9-22(29)27(31)34-12-18/h1-4,7-9,11-13,19,25,35,37-38H,5-6H2,(H,33,36)/t25-/m0/s1. The molecule has 3 heterocycles. The van der Waals surface area contributed by atoms with Gasteiger partial charge in [0.25, 0.3) is 0 Å².